The van der Waals surface area contributed by atoms with E-state index >= 15 is 0 Å². The van der Waals surface area contributed by atoms with Crippen molar-refractivity contribution in [3.63, 3.8) is 0 Å². The molecule has 16 heavy (non-hydrogen) atoms. The van der Waals surface area contributed by atoms with E-state index in [4.69, 9.17) is 10.5 Å². The highest BCUT2D eigenvalue weighted by Crippen LogP contribution is 2.36. The lowest BCUT2D eigenvalue weighted by Gasteiger charge is -2.30. The van der Waals surface area contributed by atoms with Gasteiger partial charge in [-0.15, -0.1) is 0 Å². The van der Waals surface area contributed by atoms with E-state index in [1.54, 1.807) is 12.1 Å². The third-order valence-corrected chi connectivity index (χ3v) is 2.82. The molecule has 0 radical (unpaired) electrons. The van der Waals surface area contributed by atoms with Gasteiger partial charge in [0.05, 0.1) is 7.11 Å². The molecule has 1 aromatic carbocycles. The van der Waals surface area contributed by atoms with Crippen molar-refractivity contribution in [1.29, 1.82) is 0 Å². The molecule has 0 saturated heterocycles. The van der Waals surface area contributed by atoms with Crippen molar-refractivity contribution >= 4 is 0 Å². The normalized spacial score (nSPS) is 13.6. The van der Waals surface area contributed by atoms with Crippen LogP contribution in [0.5, 0.6) is 11.5 Å². The summed E-state index contributed by atoms with van der Waals surface area (Å²) in [4.78, 5) is 0. The zero-order valence-electron chi connectivity index (χ0n) is 9.90. The smallest absolute Gasteiger partial charge is 0.124 e. The number of methoxy groups -OCH3 is 1. The first kappa shape index (κ1) is 12.8. The van der Waals surface area contributed by atoms with Gasteiger partial charge in [0.25, 0.3) is 0 Å². The summed E-state index contributed by atoms with van der Waals surface area (Å²) in [5.74, 6) is 0.670. The van der Waals surface area contributed by atoms with Crippen LogP contribution < -0.4 is 10.5 Å². The number of hydrogen-bond acceptors (Lipinski definition) is 4. The molecule has 0 aliphatic heterocycles. The van der Waals surface area contributed by atoms with E-state index in [2.05, 4.69) is 0 Å². The number of aromatic hydroxyl groups is 1. The summed E-state index contributed by atoms with van der Waals surface area (Å²) < 4.78 is 4.99. The van der Waals surface area contributed by atoms with Crippen molar-refractivity contribution in [2.75, 3.05) is 13.7 Å². The Labute approximate surface area is 95.7 Å². The third-order valence-electron chi connectivity index (χ3n) is 2.82. The van der Waals surface area contributed by atoms with Crippen LogP contribution in [-0.2, 0) is 0 Å². The number of benzene rings is 1. The van der Waals surface area contributed by atoms with Crippen LogP contribution in [0.3, 0.4) is 0 Å². The topological polar surface area (TPSA) is 75.7 Å². The van der Waals surface area contributed by atoms with Crippen molar-refractivity contribution in [3.8, 4) is 11.5 Å². The van der Waals surface area contributed by atoms with Gasteiger partial charge < -0.3 is 20.7 Å². The molecular weight excluding hydrogens is 206 g/mol. The van der Waals surface area contributed by atoms with Gasteiger partial charge in [0, 0.05) is 29.7 Å². The minimum absolute atomic E-state index is 0.0420. The molecule has 0 bridgehead atoms. The zero-order valence-corrected chi connectivity index (χ0v) is 9.90. The number of hydrogen-bond donors (Lipinski definition) is 3. The lowest BCUT2D eigenvalue weighted by Crippen LogP contribution is -2.32. The number of ether oxygens (including phenoxy) is 1. The number of aliphatic hydroxyl groups excluding tert-OH is 1. The summed E-state index contributed by atoms with van der Waals surface area (Å²) in [6.07, 6.45) is 0. The van der Waals surface area contributed by atoms with E-state index in [1.807, 2.05) is 13.8 Å². The molecule has 0 aromatic heterocycles. The standard InChI is InChI=1S/C12H19NO3/c1-12(2,7-14)11(13)9-5-4-8(16-3)6-10(9)15/h4-6,11,14-15H,7,13H2,1-3H3/t11-/m0/s1. The van der Waals surface area contributed by atoms with Gasteiger partial charge in [0.15, 0.2) is 0 Å². The Morgan fingerprint density at radius 2 is 2.06 bits per heavy atom. The van der Waals surface area contributed by atoms with Crippen LogP contribution in [0.1, 0.15) is 25.5 Å². The zero-order chi connectivity index (χ0) is 12.3. The Morgan fingerprint density at radius 3 is 2.50 bits per heavy atom. The van der Waals surface area contributed by atoms with E-state index < -0.39 is 11.5 Å². The summed E-state index contributed by atoms with van der Waals surface area (Å²) in [6, 6.07) is 4.55. The minimum atomic E-state index is -0.480. The van der Waals surface area contributed by atoms with Crippen LogP contribution in [0.15, 0.2) is 18.2 Å². The highest BCUT2D eigenvalue weighted by atomic mass is 16.5. The van der Waals surface area contributed by atoms with Crippen molar-refractivity contribution in [2.45, 2.75) is 19.9 Å². The highest BCUT2D eigenvalue weighted by Gasteiger charge is 2.28. The fourth-order valence-electron chi connectivity index (χ4n) is 1.43. The van der Waals surface area contributed by atoms with E-state index in [0.29, 0.717) is 11.3 Å². The van der Waals surface area contributed by atoms with E-state index in [1.165, 1.54) is 13.2 Å². The van der Waals surface area contributed by atoms with Crippen molar-refractivity contribution in [2.24, 2.45) is 11.1 Å². The molecule has 1 rings (SSSR count). The van der Waals surface area contributed by atoms with Gasteiger partial charge in [0.1, 0.15) is 11.5 Å². The lowest BCUT2D eigenvalue weighted by molar-refractivity contribution is 0.131. The molecule has 4 heteroatoms. The van der Waals surface area contributed by atoms with Gasteiger partial charge >= 0.3 is 0 Å². The number of rotatable bonds is 4. The molecule has 0 fully saturated rings. The summed E-state index contributed by atoms with van der Waals surface area (Å²) in [6.45, 7) is 3.66. The molecule has 0 unspecified atom stereocenters. The maximum Gasteiger partial charge on any atom is 0.124 e. The Bertz CT molecular complexity index is 363. The predicted molar refractivity (Wildman–Crippen MR) is 62.5 cm³/mol. The molecule has 0 spiro atoms. The molecule has 0 heterocycles. The molecule has 0 aliphatic carbocycles. The van der Waals surface area contributed by atoms with Crippen LogP contribution in [-0.4, -0.2) is 23.9 Å². The van der Waals surface area contributed by atoms with Crippen LogP contribution in [0, 0.1) is 5.41 Å². The quantitative estimate of drug-likeness (QED) is 0.724. The second-order valence-electron chi connectivity index (χ2n) is 4.55. The third kappa shape index (κ3) is 2.46. The molecule has 4 N–H and O–H groups in total. The van der Waals surface area contributed by atoms with Crippen LogP contribution >= 0.6 is 0 Å². The van der Waals surface area contributed by atoms with Gasteiger partial charge in [-0.3, -0.25) is 0 Å². The fraction of sp³-hybridized carbons (Fsp3) is 0.500. The van der Waals surface area contributed by atoms with Crippen molar-refractivity contribution in [3.05, 3.63) is 23.8 Å². The largest absolute Gasteiger partial charge is 0.507 e. The average molecular weight is 225 g/mol. The average Bonchev–Trinajstić information content (AvgIpc) is 2.28. The van der Waals surface area contributed by atoms with E-state index in [9.17, 15) is 10.2 Å². The van der Waals surface area contributed by atoms with Crippen molar-refractivity contribution in [1.82, 2.24) is 0 Å². The summed E-state index contributed by atoms with van der Waals surface area (Å²) in [5.41, 5.74) is 6.15. The molecule has 1 atom stereocenters. The van der Waals surface area contributed by atoms with Crippen LogP contribution in [0.25, 0.3) is 0 Å². The second-order valence-corrected chi connectivity index (χ2v) is 4.55. The number of phenolic OH excluding ortho intramolecular Hbond substituents is 1. The molecule has 0 saturated carbocycles. The van der Waals surface area contributed by atoms with E-state index in [-0.39, 0.29) is 12.4 Å². The Kier molecular flexibility index (Phi) is 3.78. The first-order chi connectivity index (χ1) is 7.42. The second kappa shape index (κ2) is 4.72. The first-order valence-electron chi connectivity index (χ1n) is 5.15. The molecule has 90 valence electrons. The van der Waals surface area contributed by atoms with Gasteiger partial charge in [-0.05, 0) is 6.07 Å². The van der Waals surface area contributed by atoms with Crippen LogP contribution in [0.2, 0.25) is 0 Å². The number of nitrogens with two attached hydrogens (primary N) is 1. The van der Waals surface area contributed by atoms with Gasteiger partial charge in [0.2, 0.25) is 0 Å². The number of phenols is 1. The Balaban J connectivity index is 3.05. The summed E-state index contributed by atoms with van der Waals surface area (Å²) >= 11 is 0. The summed E-state index contributed by atoms with van der Waals surface area (Å²) in [5, 5.41) is 19.0. The highest BCUT2D eigenvalue weighted by molar-refractivity contribution is 5.42. The van der Waals surface area contributed by atoms with Gasteiger partial charge in [-0.2, -0.15) is 0 Å². The summed E-state index contributed by atoms with van der Waals surface area (Å²) in [7, 11) is 1.53. The first-order valence-corrected chi connectivity index (χ1v) is 5.15. The van der Waals surface area contributed by atoms with Crippen LogP contribution in [0.4, 0.5) is 0 Å². The molecule has 0 aliphatic rings. The van der Waals surface area contributed by atoms with Gasteiger partial charge in [-0.25, -0.2) is 0 Å². The van der Waals surface area contributed by atoms with Crippen molar-refractivity contribution < 1.29 is 14.9 Å². The lowest BCUT2D eigenvalue weighted by atomic mass is 9.81. The minimum Gasteiger partial charge on any atom is -0.507 e. The SMILES string of the molecule is COc1ccc([C@H](N)C(C)(C)CO)c(O)c1. The maximum atomic E-state index is 9.81. The van der Waals surface area contributed by atoms with E-state index in [0.717, 1.165) is 0 Å². The Morgan fingerprint density at radius 1 is 1.44 bits per heavy atom. The Hall–Kier alpha value is -1.26. The molecule has 1 aromatic rings. The number of aliphatic hydroxyl groups is 1. The monoisotopic (exact) mass is 225 g/mol. The predicted octanol–water partition coefficient (Wildman–Crippen LogP) is 1.42. The fourth-order valence-corrected chi connectivity index (χ4v) is 1.43. The molecular formula is C12H19NO3. The van der Waals surface area contributed by atoms with Gasteiger partial charge in [-0.1, -0.05) is 19.9 Å². The molecule has 4 nitrogen and oxygen atoms in total. The molecule has 0 amide bonds. The maximum absolute atomic E-state index is 9.81.